The van der Waals surface area contributed by atoms with Crippen molar-refractivity contribution in [3.63, 3.8) is 0 Å². The van der Waals surface area contributed by atoms with Gasteiger partial charge in [0.15, 0.2) is 5.75 Å². The summed E-state index contributed by atoms with van der Waals surface area (Å²) in [6.07, 6.45) is 2.42. The largest absolute Gasteiger partial charge is 0.399 e. The zero-order valence-corrected chi connectivity index (χ0v) is 51.7. The highest BCUT2D eigenvalue weighted by molar-refractivity contribution is 14.1. The molecular formula is C64H74F2I2N10O11S. The van der Waals surface area contributed by atoms with Crippen molar-refractivity contribution in [1.82, 2.24) is 27.4 Å². The summed E-state index contributed by atoms with van der Waals surface area (Å²) in [5, 5.41) is 8.27. The second-order valence-corrected chi connectivity index (χ2v) is 24.4. The summed E-state index contributed by atoms with van der Waals surface area (Å²) in [5.74, 6) is -2.22. The number of carbonyl (C=O) groups excluding carboxylic acids is 2. The van der Waals surface area contributed by atoms with E-state index < -0.39 is 67.2 Å². The maximum Gasteiger partial charge on any atom is 0.339 e. The molecule has 2 saturated carbocycles. The number of anilines is 5. The van der Waals surface area contributed by atoms with Crippen LogP contribution in [0.2, 0.25) is 0 Å². The van der Waals surface area contributed by atoms with Gasteiger partial charge in [-0.2, -0.15) is 8.42 Å². The van der Waals surface area contributed by atoms with Crippen LogP contribution in [0.15, 0.2) is 143 Å². The number of pyridine rings is 2. The van der Waals surface area contributed by atoms with E-state index in [9.17, 15) is 46.8 Å². The Balaban J connectivity index is 0.000000314. The number of aryl methyl sites for hydroxylation is 3. The third-order valence-corrected chi connectivity index (χ3v) is 16.5. The maximum absolute atomic E-state index is 15.2. The predicted octanol–water partition coefficient (Wildman–Crippen LogP) is 11.7. The summed E-state index contributed by atoms with van der Waals surface area (Å²) in [7, 11) is -1.68. The summed E-state index contributed by atoms with van der Waals surface area (Å²) in [6, 6.07) is 27.6. The average molecular weight is 1480 g/mol. The summed E-state index contributed by atoms with van der Waals surface area (Å²) in [6.45, 7) is 7.57. The van der Waals surface area contributed by atoms with Crippen LogP contribution in [0.25, 0.3) is 33.4 Å². The van der Waals surface area contributed by atoms with Gasteiger partial charge in [0, 0.05) is 75.5 Å². The van der Waals surface area contributed by atoms with E-state index in [0.717, 1.165) is 34.1 Å². The van der Waals surface area contributed by atoms with E-state index in [2.05, 4.69) is 16.0 Å². The van der Waals surface area contributed by atoms with Crippen molar-refractivity contribution >= 4 is 118 Å². The molecule has 90 heavy (non-hydrogen) atoms. The van der Waals surface area contributed by atoms with Gasteiger partial charge in [0.25, 0.3) is 22.2 Å². The van der Waals surface area contributed by atoms with E-state index >= 15 is 8.78 Å². The lowest BCUT2D eigenvalue weighted by atomic mass is 10.1. The Bertz CT molecular complexity index is 4760. The van der Waals surface area contributed by atoms with Crippen molar-refractivity contribution < 1.29 is 31.0 Å². The van der Waals surface area contributed by atoms with Gasteiger partial charge in [-0.3, -0.25) is 47.0 Å². The lowest BCUT2D eigenvalue weighted by molar-refractivity contribution is -0.115. The first-order valence-corrected chi connectivity index (χ1v) is 29.8. The molecule has 4 aromatic heterocycles. The lowest BCUT2D eigenvalue weighted by Crippen LogP contribution is -2.42. The highest BCUT2D eigenvalue weighted by Gasteiger charge is 2.35. The van der Waals surface area contributed by atoms with Crippen LogP contribution in [0.3, 0.4) is 0 Å². The third kappa shape index (κ3) is 15.0. The number of fused-ring (bicyclic) bond motifs is 2. The van der Waals surface area contributed by atoms with Crippen molar-refractivity contribution in [3.05, 3.63) is 207 Å². The molecule has 5 N–H and O–H groups in total. The van der Waals surface area contributed by atoms with Crippen LogP contribution in [0.4, 0.5) is 37.2 Å². The number of benzene rings is 5. The molecule has 2 aliphatic rings. The van der Waals surface area contributed by atoms with Gasteiger partial charge in [-0.25, -0.2) is 27.5 Å². The monoisotopic (exact) mass is 1480 g/mol. The highest BCUT2D eigenvalue weighted by Crippen LogP contribution is 2.37. The normalized spacial score (nSPS) is 12.2. The molecule has 5 aromatic carbocycles. The van der Waals surface area contributed by atoms with Gasteiger partial charge in [-0.15, -0.1) is 0 Å². The molecule has 480 valence electrons. The number of nitrogens with two attached hydrogens (primary N) is 1. The second kappa shape index (κ2) is 29.4. The number of amides is 2. The van der Waals surface area contributed by atoms with E-state index in [1.165, 1.54) is 75.8 Å². The molecule has 11 rings (SSSR count). The number of hydrogen-bond acceptors (Lipinski definition) is 13. The highest BCUT2D eigenvalue weighted by atomic mass is 127. The summed E-state index contributed by atoms with van der Waals surface area (Å²) in [4.78, 5) is 103. The lowest BCUT2D eigenvalue weighted by Gasteiger charge is -2.21. The second-order valence-electron chi connectivity index (χ2n) is 20.4. The van der Waals surface area contributed by atoms with Crippen LogP contribution >= 0.6 is 45.2 Å². The van der Waals surface area contributed by atoms with Gasteiger partial charge in [0.2, 0.25) is 11.8 Å². The quantitative estimate of drug-likeness (QED) is 0.0533. The van der Waals surface area contributed by atoms with Crippen molar-refractivity contribution in [2.75, 3.05) is 21.7 Å². The van der Waals surface area contributed by atoms with Crippen LogP contribution in [-0.2, 0) is 33.8 Å². The van der Waals surface area contributed by atoms with Gasteiger partial charge in [-0.1, -0.05) is 67.0 Å². The number of carbonyl (C=O) groups is 2. The van der Waals surface area contributed by atoms with Gasteiger partial charge in [0.1, 0.15) is 38.6 Å². The molecule has 4 heterocycles. The van der Waals surface area contributed by atoms with Gasteiger partial charge >= 0.3 is 21.5 Å². The Labute approximate surface area is 546 Å². The van der Waals surface area contributed by atoms with E-state index in [-0.39, 0.29) is 110 Å². The van der Waals surface area contributed by atoms with Gasteiger partial charge in [-0.05, 0) is 177 Å². The zero-order valence-electron chi connectivity index (χ0n) is 46.5. The van der Waals surface area contributed by atoms with Crippen molar-refractivity contribution in [2.24, 2.45) is 14.1 Å². The van der Waals surface area contributed by atoms with Crippen molar-refractivity contribution in [1.29, 1.82) is 0 Å². The minimum atomic E-state index is -4.47. The molecular weight excluding hydrogens is 1410 g/mol. The van der Waals surface area contributed by atoms with Crippen LogP contribution in [0.5, 0.6) is 5.75 Å². The Morgan fingerprint density at radius 1 is 0.567 bits per heavy atom. The molecule has 2 fully saturated rings. The first kappa shape index (κ1) is 74.0. The molecule has 2 amide bonds. The van der Waals surface area contributed by atoms with Crippen LogP contribution < -0.4 is 59.5 Å². The Hall–Kier alpha value is -8.51. The molecule has 2 aliphatic carbocycles. The van der Waals surface area contributed by atoms with E-state index in [1.807, 2.05) is 45.2 Å². The zero-order chi connectivity index (χ0) is 61.7. The van der Waals surface area contributed by atoms with Crippen molar-refractivity contribution in [3.8, 4) is 17.1 Å². The number of hydrogen-bond donors (Lipinski definition) is 4. The van der Waals surface area contributed by atoms with E-state index in [0.29, 0.717) is 49.9 Å². The Morgan fingerprint density at radius 3 is 1.43 bits per heavy atom. The fourth-order valence-electron chi connectivity index (χ4n) is 9.59. The standard InChI is InChI=1S/C26H23FIN5O4.C25H21FIN3O6S.C8H10N2O.5CH4/c1-13-22(30-17-6-4-5-16(12-17)29-14(2)34)21-23(31(3)24(13)35)33(20-10-7-15(28)11-19(20)27)26(37)32(25(21)36)18-8-9-18;1-13-4-9-17(10-5-13)37(34,35)36-21-14(2)23(31)28(3)22-20(21)24(32)29(16-7-8-16)25(33)30(22)19-11-6-15(27)12-18(19)26;1-6(11)10-8-4-2-3-7(9)5-8;;;;;/h4-7,10-12,18,30H,8-9H2,1-3H3,(H,29,34);4-6,9-12,16H,7-8H2,1-3H3;2-5H,9H2,1H3,(H,10,11);5*1H4. The topological polar surface area (TPSA) is 272 Å². The summed E-state index contributed by atoms with van der Waals surface area (Å²) < 4.78 is 69.9. The maximum atomic E-state index is 15.2. The molecule has 21 nitrogen and oxygen atoms in total. The molecule has 0 spiro atoms. The summed E-state index contributed by atoms with van der Waals surface area (Å²) >= 11 is 3.89. The Morgan fingerprint density at radius 2 is 0.989 bits per heavy atom. The molecule has 0 saturated heterocycles. The molecule has 0 atom stereocenters. The van der Waals surface area contributed by atoms with Crippen molar-refractivity contribution in [2.45, 2.75) is 114 Å². The molecule has 26 heteroatoms. The molecule has 0 aliphatic heterocycles. The molecule has 0 bridgehead atoms. The van der Waals surface area contributed by atoms with E-state index in [1.54, 1.807) is 86.6 Å². The number of nitrogens with zero attached hydrogens (tertiary/aromatic N) is 6. The van der Waals surface area contributed by atoms with Crippen LogP contribution in [0.1, 0.15) is 105 Å². The van der Waals surface area contributed by atoms with E-state index in [4.69, 9.17) is 9.92 Å². The first-order chi connectivity index (χ1) is 40.2. The molecule has 0 radical (unpaired) electrons. The van der Waals surface area contributed by atoms with Crippen LogP contribution in [-0.4, -0.2) is 47.6 Å². The number of aromatic nitrogens is 6. The number of rotatable bonds is 11. The van der Waals surface area contributed by atoms with Gasteiger partial charge < -0.3 is 25.9 Å². The molecule has 9 aromatic rings. The van der Waals surface area contributed by atoms with Crippen LogP contribution in [0, 0.1) is 39.5 Å². The SMILES string of the molecule is C.C.C.C.C.CC(=O)Nc1cccc(N)c1.CC(=O)Nc1cccc(Nc2c(C)c(=O)n(C)c3c2c(=O)n(C2CC2)c(=O)n3-c2ccc(I)cc2F)c1.Cc1ccc(S(=O)(=O)Oc2c(C)c(=O)n(C)c3c2c(=O)n(C2CC2)c(=O)n3-c2ccc(I)cc2F)cc1. The number of nitrogen functional groups attached to an aromatic ring is 1. The molecule has 0 unspecified atom stereocenters. The minimum Gasteiger partial charge on any atom is -0.399 e. The number of halogens is 4. The van der Waals surface area contributed by atoms with Gasteiger partial charge in [0.05, 0.1) is 22.6 Å². The fourth-order valence-corrected chi connectivity index (χ4v) is 11.5. The minimum absolute atomic E-state index is 0. The number of nitrogens with one attached hydrogen (secondary N) is 3. The fraction of sp³-hybridized carbons (Fsp3) is 0.281. The smallest absolute Gasteiger partial charge is 0.339 e. The Kier molecular flexibility index (Phi) is 24.2. The predicted molar refractivity (Wildman–Crippen MR) is 371 cm³/mol. The average Bonchev–Trinajstić information content (AvgIpc) is 1.05. The first-order valence-electron chi connectivity index (χ1n) is 26.2. The third-order valence-electron chi connectivity index (χ3n) is 13.9. The summed E-state index contributed by atoms with van der Waals surface area (Å²) in [5.41, 5.74) is 4.51.